The monoisotopic (exact) mass is 306 g/mol. The molecule has 2 unspecified atom stereocenters. The summed E-state index contributed by atoms with van der Waals surface area (Å²) in [4.78, 5) is 2.10. The van der Waals surface area contributed by atoms with Crippen molar-refractivity contribution in [1.82, 2.24) is 4.90 Å². The Morgan fingerprint density at radius 3 is 3.14 bits per heavy atom. The average molecular weight is 306 g/mol. The molecule has 2 aliphatic heterocycles. The summed E-state index contributed by atoms with van der Waals surface area (Å²) in [7, 11) is 1.97. The molecule has 1 saturated carbocycles. The van der Waals surface area contributed by atoms with Gasteiger partial charge in [0.25, 0.3) is 0 Å². The van der Waals surface area contributed by atoms with Gasteiger partial charge >= 0.3 is 0 Å². The summed E-state index contributed by atoms with van der Waals surface area (Å²) in [5.41, 5.74) is 5.97. The summed E-state index contributed by atoms with van der Waals surface area (Å²) in [6.45, 7) is 0.767. The van der Waals surface area contributed by atoms with E-state index < -0.39 is 36.0 Å². The maximum absolute atomic E-state index is 11.9. The lowest BCUT2D eigenvalue weighted by atomic mass is 9.48. The highest BCUT2D eigenvalue weighted by Crippen LogP contribution is 2.64. The number of likely N-dealkylation sites (N-methyl/N-ethyl adjacent to an activating group) is 1. The summed E-state index contributed by atoms with van der Waals surface area (Å²) in [5, 5.41) is 22.2. The molecule has 2 fully saturated rings. The molecule has 0 radical (unpaired) electrons. The van der Waals surface area contributed by atoms with Crippen LogP contribution in [0.25, 0.3) is 0 Å². The summed E-state index contributed by atoms with van der Waals surface area (Å²) in [5.74, 6) is 0.447. The van der Waals surface area contributed by atoms with Crippen molar-refractivity contribution < 1.29 is 17.7 Å². The molecule has 5 heteroatoms. The minimum atomic E-state index is -1.40. The van der Waals surface area contributed by atoms with E-state index in [4.69, 9.17) is 13.2 Å². The van der Waals surface area contributed by atoms with Crippen molar-refractivity contribution in [3.63, 3.8) is 0 Å². The summed E-state index contributed by atoms with van der Waals surface area (Å²) < 4.78 is 23.1. The van der Waals surface area contributed by atoms with Crippen LogP contribution in [0.15, 0.2) is 12.1 Å². The highest BCUT2D eigenvalue weighted by Gasteiger charge is 2.72. The Kier molecular flexibility index (Phi) is 1.94. The zero-order valence-electron chi connectivity index (χ0n) is 14.5. The molecule has 0 aromatic heterocycles. The van der Waals surface area contributed by atoms with Crippen LogP contribution < -0.4 is 10.5 Å². The second-order valence-electron chi connectivity index (χ2n) is 7.17. The van der Waals surface area contributed by atoms with E-state index in [1.807, 2.05) is 13.1 Å². The van der Waals surface area contributed by atoms with Crippen LogP contribution in [0.3, 0.4) is 0 Å². The van der Waals surface area contributed by atoms with Crippen molar-refractivity contribution in [2.45, 2.75) is 54.8 Å². The molecule has 5 nitrogen and oxygen atoms in total. The van der Waals surface area contributed by atoms with Gasteiger partial charge in [-0.3, -0.25) is 0 Å². The normalized spacial score (nSPS) is 53.3. The molecule has 5 rings (SSSR count). The van der Waals surface area contributed by atoms with E-state index >= 15 is 0 Å². The number of nitrogens with zero attached hydrogens (tertiary/aromatic N) is 1. The molecule has 22 heavy (non-hydrogen) atoms. The van der Waals surface area contributed by atoms with Gasteiger partial charge in [-0.2, -0.15) is 0 Å². The first-order chi connectivity index (χ1) is 11.3. The molecular weight excluding hydrogens is 280 g/mol. The third-order valence-corrected chi connectivity index (χ3v) is 6.35. The van der Waals surface area contributed by atoms with Crippen LogP contribution in [0.5, 0.6) is 11.5 Å². The number of benzene rings is 1. The molecule has 4 N–H and O–H groups in total. The van der Waals surface area contributed by atoms with E-state index in [9.17, 15) is 10.2 Å². The first-order valence-electron chi connectivity index (χ1n) is 9.04. The minimum Gasteiger partial charge on any atom is -0.504 e. The van der Waals surface area contributed by atoms with Crippen molar-refractivity contribution in [3.8, 4) is 11.5 Å². The molecule has 1 spiro atoms. The maximum Gasteiger partial charge on any atom is 0.165 e. The van der Waals surface area contributed by atoms with Crippen LogP contribution in [-0.4, -0.2) is 52.5 Å². The lowest BCUT2D eigenvalue weighted by Crippen LogP contribution is -2.77. The first-order valence-corrected chi connectivity index (χ1v) is 7.88. The minimum absolute atomic E-state index is 0.0486. The van der Waals surface area contributed by atoms with Gasteiger partial charge in [-0.05, 0) is 50.9 Å². The van der Waals surface area contributed by atoms with Crippen LogP contribution in [0.2, 0.25) is 0 Å². The number of nitrogens with two attached hydrogens (primary N) is 1. The van der Waals surface area contributed by atoms with E-state index in [-0.39, 0.29) is 11.8 Å². The fourth-order valence-electron chi connectivity index (χ4n) is 5.34. The lowest BCUT2D eigenvalue weighted by molar-refractivity contribution is -0.184. The van der Waals surface area contributed by atoms with Gasteiger partial charge in [0, 0.05) is 20.4 Å². The number of likely N-dealkylation sites (tertiary alicyclic amines) is 1. The molecule has 1 saturated heterocycles. The van der Waals surface area contributed by atoms with E-state index in [1.165, 1.54) is 0 Å². The Morgan fingerprint density at radius 1 is 1.50 bits per heavy atom. The Balaban J connectivity index is 1.87. The number of piperidine rings is 1. The number of hydrogen-bond donors (Lipinski definition) is 3. The van der Waals surface area contributed by atoms with Gasteiger partial charge in [0.2, 0.25) is 0 Å². The van der Waals surface area contributed by atoms with E-state index in [2.05, 4.69) is 4.90 Å². The van der Waals surface area contributed by atoms with Gasteiger partial charge in [0.05, 0.1) is 11.0 Å². The molecular formula is C17H22N2O3. The number of aromatic hydroxyl groups is 1. The first kappa shape index (κ1) is 11.3. The maximum atomic E-state index is 11.9. The number of phenolic OH excluding ortho intramolecular Hbond substituents is 1. The van der Waals surface area contributed by atoms with Gasteiger partial charge in [-0.15, -0.1) is 0 Å². The highest BCUT2D eigenvalue weighted by molar-refractivity contribution is 5.62. The summed E-state index contributed by atoms with van der Waals surface area (Å²) >= 11 is 0. The van der Waals surface area contributed by atoms with Gasteiger partial charge in [-0.1, -0.05) is 6.07 Å². The lowest BCUT2D eigenvalue weighted by Gasteiger charge is -2.63. The predicted octanol–water partition coefficient (Wildman–Crippen LogP) is 0.503. The molecule has 7 atom stereocenters. The predicted molar refractivity (Wildman–Crippen MR) is 81.1 cm³/mol. The van der Waals surface area contributed by atoms with Crippen molar-refractivity contribution in [3.05, 3.63) is 23.3 Å². The highest BCUT2D eigenvalue weighted by atomic mass is 16.5. The fraction of sp³-hybridized carbons (Fsp3) is 0.647. The topological polar surface area (TPSA) is 79.0 Å². The van der Waals surface area contributed by atoms with E-state index in [0.717, 1.165) is 17.7 Å². The largest absolute Gasteiger partial charge is 0.504 e. The van der Waals surface area contributed by atoms with Gasteiger partial charge in [0.15, 0.2) is 11.5 Å². The second-order valence-corrected chi connectivity index (χ2v) is 7.17. The van der Waals surface area contributed by atoms with Crippen molar-refractivity contribution in [2.75, 3.05) is 13.6 Å². The number of rotatable bonds is 0. The van der Waals surface area contributed by atoms with Gasteiger partial charge in [0.1, 0.15) is 6.10 Å². The second kappa shape index (κ2) is 3.78. The van der Waals surface area contributed by atoms with Crippen LogP contribution in [-0.2, 0) is 11.8 Å². The number of phenols is 1. The number of aliphatic hydroxyl groups is 1. The van der Waals surface area contributed by atoms with Crippen LogP contribution >= 0.6 is 0 Å². The van der Waals surface area contributed by atoms with Crippen LogP contribution in [0.1, 0.15) is 33.1 Å². The standard InChI is InChI=1S/C17H22N2O3/c1-19-7-6-16-13-9-2-3-11(20)14(13)22-15(16)10(18)4-5-17(16,21)12(19)8-9/h2-3,10,12,15,20-21H,4-8,18H2,1H3/t10-,12-,15+,16+,17-/m1/s1/i4T,5T/t4?,5?,10-,12-,15+,16+,17-. The van der Waals surface area contributed by atoms with E-state index in [1.54, 1.807) is 6.07 Å². The Bertz CT molecular complexity index is 747. The molecule has 118 valence electrons. The number of hydrogen-bond acceptors (Lipinski definition) is 5. The molecule has 0 amide bonds. The molecule has 2 bridgehead atoms. The van der Waals surface area contributed by atoms with Gasteiger partial charge < -0.3 is 25.6 Å². The SMILES string of the molecule is [3H]C1C([3H])[C@@]2(O)[C@H]3Cc4ccc(O)c5c4[C@@]2(CCN3C)[C@@H](O5)[C@@H]1N. The van der Waals surface area contributed by atoms with Crippen LogP contribution in [0, 0.1) is 0 Å². The summed E-state index contributed by atoms with van der Waals surface area (Å²) in [6, 6.07) is 2.60. The van der Waals surface area contributed by atoms with Crippen molar-refractivity contribution in [1.29, 1.82) is 0 Å². The molecule has 1 aromatic rings. The molecule has 4 aliphatic rings. The van der Waals surface area contributed by atoms with Gasteiger partial charge in [-0.25, -0.2) is 0 Å². The fourth-order valence-corrected chi connectivity index (χ4v) is 5.34. The molecule has 2 heterocycles. The average Bonchev–Trinajstić information content (AvgIpc) is 2.91. The third kappa shape index (κ3) is 1.17. The quantitative estimate of drug-likeness (QED) is 0.651. The molecule has 2 aliphatic carbocycles. The zero-order valence-corrected chi connectivity index (χ0v) is 12.5. The summed E-state index contributed by atoms with van der Waals surface area (Å²) in [6.07, 6.45) is -1.32. The zero-order chi connectivity index (χ0) is 17.0. The van der Waals surface area contributed by atoms with Crippen LogP contribution in [0.4, 0.5) is 0 Å². The Morgan fingerprint density at radius 2 is 2.32 bits per heavy atom. The molecule has 1 aromatic carbocycles. The third-order valence-electron chi connectivity index (χ3n) is 6.35. The van der Waals surface area contributed by atoms with Crippen molar-refractivity contribution >= 4 is 0 Å². The smallest absolute Gasteiger partial charge is 0.165 e. The Labute approximate surface area is 132 Å². The number of ether oxygens (including phenoxy) is 1. The van der Waals surface area contributed by atoms with E-state index in [0.29, 0.717) is 18.6 Å². The van der Waals surface area contributed by atoms with Crippen molar-refractivity contribution in [2.24, 2.45) is 5.73 Å². The Hall–Kier alpha value is -1.30.